The van der Waals surface area contributed by atoms with Crippen molar-refractivity contribution >= 4 is 46.6 Å². The van der Waals surface area contributed by atoms with Gasteiger partial charge in [0.05, 0.1) is 37.0 Å². The first-order valence-corrected chi connectivity index (χ1v) is 21.7. The van der Waals surface area contributed by atoms with E-state index in [1.165, 1.54) is 0 Å². The van der Waals surface area contributed by atoms with Crippen LogP contribution in [0.4, 0.5) is 0 Å². The number of fused-ring (bicyclic) bond motifs is 8. The molecule has 4 bridgehead atoms. The number of carbonyl (C=O) groups excluding carboxylic acids is 2. The quantitative estimate of drug-likeness (QED) is 0.166. The van der Waals surface area contributed by atoms with Crippen molar-refractivity contribution in [2.75, 3.05) is 26.3 Å². The normalized spacial score (nSPS) is 26.0. The van der Waals surface area contributed by atoms with Crippen LogP contribution in [0.5, 0.6) is 0 Å². The number of carbonyl (C=O) groups is 2. The van der Waals surface area contributed by atoms with E-state index in [4.69, 9.17) is 0 Å². The number of rotatable bonds is 12. The Kier molecular flexibility index (Phi) is 13.0. The molecule has 4 aliphatic rings. The first-order valence-electron chi connectivity index (χ1n) is 20.0. The number of nitrogens with zero attached hydrogens (tertiary/aromatic N) is 6. The zero-order valence-electron chi connectivity index (χ0n) is 33.2. The second-order valence-electron chi connectivity index (χ2n) is 15.0. The number of allylic oxidation sites excluding steroid dienone is 2. The van der Waals surface area contributed by atoms with Crippen LogP contribution < -0.4 is 21.8 Å². The summed E-state index contributed by atoms with van der Waals surface area (Å²) in [7, 11) is 0. The standard InChI is InChI=1S/2C21H26N4O3S/c2*1-3-5-13-6-7-15-19-18(20(27)22-4-2)14(12-26)16(10-25(15)21(13)28)24(19)11-17-23-8-9-29-17/h2*3,5-9,14,16,18-19,26H,4,10-12H2,1-2H3,(H,22,27)/b5-3+;5-3-/t2*14-,16-,18+,19+/m11/s1. The minimum Gasteiger partial charge on any atom is -0.396 e. The predicted molar refractivity (Wildman–Crippen MR) is 225 cm³/mol. The van der Waals surface area contributed by atoms with E-state index in [-0.39, 0.29) is 72.1 Å². The molecule has 8 rings (SSSR count). The topological polar surface area (TPSA) is 175 Å². The summed E-state index contributed by atoms with van der Waals surface area (Å²) < 4.78 is 3.59. The van der Waals surface area contributed by atoms with E-state index in [0.717, 1.165) is 21.4 Å². The first kappa shape index (κ1) is 41.6. The molecule has 16 heteroatoms. The van der Waals surface area contributed by atoms with E-state index in [2.05, 4.69) is 30.4 Å². The van der Waals surface area contributed by atoms with Gasteiger partial charge in [-0.2, -0.15) is 0 Å². The van der Waals surface area contributed by atoms with Crippen LogP contribution in [-0.4, -0.2) is 89.3 Å². The summed E-state index contributed by atoms with van der Waals surface area (Å²) in [5, 5.41) is 32.1. The second-order valence-corrected chi connectivity index (χ2v) is 17.0. The SMILES string of the molecule is C/C=C/c1ccc2n(c1=O)C[C@@H]1[C@@H](CO)[C@H](C(=O)NCC)[C@H]2N1Cc1nccs1.C/C=C\c1ccc2n(c1=O)C[C@@H]1[C@@H](CO)[C@H](C(=O)NCC)[C@H]2N1Cc1nccs1. The van der Waals surface area contributed by atoms with Crippen molar-refractivity contribution in [2.24, 2.45) is 23.7 Å². The lowest BCUT2D eigenvalue weighted by atomic mass is 9.86. The number of thiazole rings is 2. The van der Waals surface area contributed by atoms with Gasteiger partial charge in [0.1, 0.15) is 10.0 Å². The molecule has 0 aromatic carbocycles. The number of hydrogen-bond acceptors (Lipinski definition) is 12. The van der Waals surface area contributed by atoms with Gasteiger partial charge in [0.2, 0.25) is 11.8 Å². The predicted octanol–water partition coefficient (Wildman–Crippen LogP) is 3.28. The summed E-state index contributed by atoms with van der Waals surface area (Å²) in [6.07, 6.45) is 10.9. The Labute approximate surface area is 345 Å². The van der Waals surface area contributed by atoms with E-state index in [1.807, 2.05) is 87.0 Å². The Morgan fingerprint density at radius 2 is 1.14 bits per heavy atom. The van der Waals surface area contributed by atoms with Gasteiger partial charge in [-0.15, -0.1) is 22.7 Å². The number of hydrogen-bond donors (Lipinski definition) is 4. The van der Waals surface area contributed by atoms with Gasteiger partial charge in [-0.1, -0.05) is 24.3 Å². The summed E-state index contributed by atoms with van der Waals surface area (Å²) in [4.78, 5) is 65.5. The van der Waals surface area contributed by atoms with E-state index < -0.39 is 11.8 Å². The van der Waals surface area contributed by atoms with E-state index in [0.29, 0.717) is 50.4 Å². The largest absolute Gasteiger partial charge is 0.396 e. The number of aliphatic hydroxyl groups is 2. The third-order valence-electron chi connectivity index (χ3n) is 12.0. The van der Waals surface area contributed by atoms with Gasteiger partial charge in [0.25, 0.3) is 11.1 Å². The third-order valence-corrected chi connectivity index (χ3v) is 13.5. The maximum absolute atomic E-state index is 13.1. The van der Waals surface area contributed by atoms with Crippen molar-refractivity contribution < 1.29 is 19.8 Å². The highest BCUT2D eigenvalue weighted by Gasteiger charge is 2.57. The number of amides is 2. The van der Waals surface area contributed by atoms with Gasteiger partial charge in [-0.25, -0.2) is 9.97 Å². The summed E-state index contributed by atoms with van der Waals surface area (Å²) >= 11 is 3.15. The average molecular weight is 829 g/mol. The van der Waals surface area contributed by atoms with Crippen molar-refractivity contribution in [1.29, 1.82) is 0 Å². The van der Waals surface area contributed by atoms with Crippen molar-refractivity contribution in [3.63, 3.8) is 0 Å². The fourth-order valence-corrected chi connectivity index (χ4v) is 10.9. The van der Waals surface area contributed by atoms with Crippen molar-refractivity contribution in [1.82, 2.24) is 39.5 Å². The van der Waals surface area contributed by atoms with Gasteiger partial charge in [-0.05, 0) is 52.0 Å². The van der Waals surface area contributed by atoms with Gasteiger partial charge in [-0.3, -0.25) is 29.0 Å². The Bertz CT molecular complexity index is 2100. The first-order chi connectivity index (χ1) is 28.2. The van der Waals surface area contributed by atoms with Crippen molar-refractivity contribution in [3.05, 3.63) is 113 Å². The summed E-state index contributed by atoms with van der Waals surface area (Å²) in [6, 6.07) is 6.83. The summed E-state index contributed by atoms with van der Waals surface area (Å²) in [6.45, 7) is 10.5. The maximum Gasteiger partial charge on any atom is 0.258 e. The third kappa shape index (κ3) is 7.57. The van der Waals surface area contributed by atoms with Crippen LogP contribution >= 0.6 is 22.7 Å². The molecule has 2 amide bonds. The number of aliphatic hydroxyl groups excluding tert-OH is 2. The maximum atomic E-state index is 13.1. The highest BCUT2D eigenvalue weighted by molar-refractivity contribution is 7.09. The van der Waals surface area contributed by atoms with Gasteiger partial charge in [0.15, 0.2) is 0 Å². The minimum absolute atomic E-state index is 0.0438. The molecule has 0 radical (unpaired) electrons. The smallest absolute Gasteiger partial charge is 0.258 e. The molecule has 0 unspecified atom stereocenters. The minimum atomic E-state index is -0.411. The molecule has 0 aliphatic carbocycles. The van der Waals surface area contributed by atoms with Crippen molar-refractivity contribution in [3.8, 4) is 0 Å². The molecule has 0 spiro atoms. The molecule has 8 atom stereocenters. The molecule has 4 N–H and O–H groups in total. The van der Waals surface area contributed by atoms with Gasteiger partial charge < -0.3 is 30.0 Å². The van der Waals surface area contributed by atoms with E-state index in [9.17, 15) is 29.4 Å². The molecule has 2 fully saturated rings. The highest BCUT2D eigenvalue weighted by Crippen LogP contribution is 2.50. The summed E-state index contributed by atoms with van der Waals surface area (Å²) in [5.74, 6) is -1.44. The number of pyridine rings is 2. The van der Waals surface area contributed by atoms with E-state index >= 15 is 0 Å². The molecule has 8 heterocycles. The molecule has 58 heavy (non-hydrogen) atoms. The van der Waals surface area contributed by atoms with Gasteiger partial charge in [0, 0.05) is 109 Å². The molecule has 4 aromatic rings. The van der Waals surface area contributed by atoms with Crippen LogP contribution in [0.1, 0.15) is 72.3 Å². The van der Waals surface area contributed by atoms with E-state index in [1.54, 1.807) is 44.2 Å². The number of aromatic nitrogens is 4. The Hall–Kier alpha value is -4.58. The summed E-state index contributed by atoms with van der Waals surface area (Å²) in [5.41, 5.74) is 2.86. The van der Waals surface area contributed by atoms with Gasteiger partial charge >= 0.3 is 0 Å². The molecule has 2 saturated heterocycles. The molecule has 4 aliphatic heterocycles. The lowest BCUT2D eigenvalue weighted by Gasteiger charge is -2.37. The van der Waals surface area contributed by atoms with Crippen LogP contribution in [0.3, 0.4) is 0 Å². The molecular formula is C42H52N8O6S2. The Balaban J connectivity index is 0.000000177. The molecule has 0 saturated carbocycles. The molecule has 308 valence electrons. The fraction of sp³-hybridized carbons (Fsp3) is 0.476. The van der Waals surface area contributed by atoms with Crippen LogP contribution in [0, 0.1) is 23.7 Å². The highest BCUT2D eigenvalue weighted by atomic mass is 32.1. The zero-order valence-corrected chi connectivity index (χ0v) is 34.9. The number of nitrogens with one attached hydrogen (secondary N) is 2. The van der Waals surface area contributed by atoms with Crippen LogP contribution in [0.25, 0.3) is 12.2 Å². The fourth-order valence-electron chi connectivity index (χ4n) is 9.69. The molecule has 4 aromatic heterocycles. The lowest BCUT2D eigenvalue weighted by molar-refractivity contribution is -0.128. The molecular weight excluding hydrogens is 777 g/mol. The van der Waals surface area contributed by atoms with Crippen molar-refractivity contribution in [2.45, 2.75) is 78.0 Å². The van der Waals surface area contributed by atoms with Crippen LogP contribution in [-0.2, 0) is 35.8 Å². The Morgan fingerprint density at radius 1 is 0.724 bits per heavy atom. The monoisotopic (exact) mass is 828 g/mol. The molecule has 14 nitrogen and oxygen atoms in total. The Morgan fingerprint density at radius 3 is 1.47 bits per heavy atom. The second kappa shape index (κ2) is 18.1. The van der Waals surface area contributed by atoms with Crippen LogP contribution in [0.15, 0.2) is 69.2 Å². The lowest BCUT2D eigenvalue weighted by Crippen LogP contribution is -2.46. The van der Waals surface area contributed by atoms with Crippen LogP contribution in [0.2, 0.25) is 0 Å². The zero-order chi connectivity index (χ0) is 41.1. The average Bonchev–Trinajstić information content (AvgIpc) is 4.01.